The third-order valence-electron chi connectivity index (χ3n) is 5.34. The average Bonchev–Trinajstić information content (AvgIpc) is 2.79. The van der Waals surface area contributed by atoms with E-state index in [2.05, 4.69) is 10.0 Å². The molecule has 34 heavy (non-hydrogen) atoms. The third kappa shape index (κ3) is 6.20. The van der Waals surface area contributed by atoms with Gasteiger partial charge in [-0.15, -0.1) is 0 Å². The van der Waals surface area contributed by atoms with Crippen LogP contribution in [0.1, 0.15) is 23.7 Å². The second-order valence-corrected chi connectivity index (χ2v) is 9.51. The fourth-order valence-corrected chi connectivity index (χ4v) is 4.62. The highest BCUT2D eigenvalue weighted by atomic mass is 32.2. The molecule has 0 bridgehead atoms. The SMILES string of the molecule is CCCNC(=O)CN1CCN(c2ccc(C(=O)O)cc2NS(=O)(=O)c2ccc(F)c(F)c2)CC1. The number of carbonyl (C=O) groups excluding carboxylic acids is 1. The van der Waals surface area contributed by atoms with Crippen LogP contribution in [-0.4, -0.2) is 69.6 Å². The zero-order valence-corrected chi connectivity index (χ0v) is 19.4. The molecule has 0 spiro atoms. The number of carboxylic acid groups (broad SMARTS) is 1. The van der Waals surface area contributed by atoms with E-state index in [4.69, 9.17) is 0 Å². The van der Waals surface area contributed by atoms with Crippen molar-refractivity contribution in [3.8, 4) is 0 Å². The first kappa shape index (κ1) is 25.4. The van der Waals surface area contributed by atoms with Crippen LogP contribution in [0.25, 0.3) is 0 Å². The average molecular weight is 497 g/mol. The first-order valence-corrected chi connectivity index (χ1v) is 12.2. The highest BCUT2D eigenvalue weighted by Gasteiger charge is 2.24. The van der Waals surface area contributed by atoms with Crippen molar-refractivity contribution in [3.05, 3.63) is 53.6 Å². The lowest BCUT2D eigenvalue weighted by molar-refractivity contribution is -0.122. The molecule has 0 aliphatic carbocycles. The Balaban J connectivity index is 1.81. The molecule has 12 heteroatoms. The summed E-state index contributed by atoms with van der Waals surface area (Å²) in [6, 6.07) is 6.21. The van der Waals surface area contributed by atoms with Crippen molar-refractivity contribution in [2.24, 2.45) is 0 Å². The Kier molecular flexibility index (Phi) is 8.05. The van der Waals surface area contributed by atoms with E-state index in [1.807, 2.05) is 16.7 Å². The number of hydrogen-bond acceptors (Lipinski definition) is 6. The minimum absolute atomic E-state index is 0.00114. The Hall–Kier alpha value is -3.25. The van der Waals surface area contributed by atoms with Gasteiger partial charge in [0, 0.05) is 32.7 Å². The van der Waals surface area contributed by atoms with Crippen LogP contribution in [0.15, 0.2) is 41.3 Å². The van der Waals surface area contributed by atoms with E-state index in [9.17, 15) is 31.9 Å². The fraction of sp³-hybridized carbons (Fsp3) is 0.364. The lowest BCUT2D eigenvalue weighted by atomic mass is 10.1. The van der Waals surface area contributed by atoms with Gasteiger partial charge in [0.2, 0.25) is 5.91 Å². The number of rotatable bonds is 9. The molecule has 2 aromatic rings. The molecule has 0 atom stereocenters. The van der Waals surface area contributed by atoms with Gasteiger partial charge in [-0.25, -0.2) is 22.0 Å². The van der Waals surface area contributed by atoms with Gasteiger partial charge in [-0.05, 0) is 42.8 Å². The van der Waals surface area contributed by atoms with Gasteiger partial charge in [-0.1, -0.05) is 6.92 Å². The van der Waals surface area contributed by atoms with Crippen molar-refractivity contribution in [1.29, 1.82) is 0 Å². The Morgan fingerprint density at radius 3 is 2.35 bits per heavy atom. The molecule has 1 heterocycles. The van der Waals surface area contributed by atoms with Gasteiger partial charge in [0.15, 0.2) is 11.6 Å². The van der Waals surface area contributed by atoms with Gasteiger partial charge in [0.1, 0.15) is 0 Å². The number of hydrogen-bond donors (Lipinski definition) is 3. The number of anilines is 2. The predicted molar refractivity (Wildman–Crippen MR) is 123 cm³/mol. The summed E-state index contributed by atoms with van der Waals surface area (Å²) >= 11 is 0. The van der Waals surface area contributed by atoms with E-state index in [1.165, 1.54) is 18.2 Å². The monoisotopic (exact) mass is 496 g/mol. The molecule has 184 valence electrons. The minimum atomic E-state index is -4.33. The van der Waals surface area contributed by atoms with Crippen molar-refractivity contribution < 1.29 is 31.9 Å². The van der Waals surface area contributed by atoms with Crippen LogP contribution in [0.5, 0.6) is 0 Å². The zero-order valence-electron chi connectivity index (χ0n) is 18.6. The summed E-state index contributed by atoms with van der Waals surface area (Å²) in [6.45, 7) is 4.83. The number of nitrogens with one attached hydrogen (secondary N) is 2. The standard InChI is InChI=1S/C22H26F2N4O5S/c1-2-7-25-21(29)14-27-8-10-28(11-9-27)20-6-3-15(22(30)31)12-19(20)26-34(32,33)16-4-5-17(23)18(24)13-16/h3-6,12-13,26H,2,7-11,14H2,1H3,(H,25,29)(H,30,31). The summed E-state index contributed by atoms with van der Waals surface area (Å²) in [5.41, 5.74) is 0.294. The summed E-state index contributed by atoms with van der Waals surface area (Å²) in [4.78, 5) is 26.8. The molecule has 1 amide bonds. The lowest BCUT2D eigenvalue weighted by Gasteiger charge is -2.36. The Bertz CT molecular complexity index is 1170. The summed E-state index contributed by atoms with van der Waals surface area (Å²) in [5.74, 6) is -3.82. The lowest BCUT2D eigenvalue weighted by Crippen LogP contribution is -2.49. The molecular weight excluding hydrogens is 470 g/mol. The maximum atomic E-state index is 13.6. The van der Waals surface area contributed by atoms with Crippen LogP contribution >= 0.6 is 0 Å². The summed E-state index contributed by atoms with van der Waals surface area (Å²) < 4.78 is 54.8. The van der Waals surface area contributed by atoms with Crippen molar-refractivity contribution in [1.82, 2.24) is 10.2 Å². The van der Waals surface area contributed by atoms with Crippen molar-refractivity contribution in [2.75, 3.05) is 48.9 Å². The summed E-state index contributed by atoms with van der Waals surface area (Å²) in [5, 5.41) is 12.2. The first-order valence-electron chi connectivity index (χ1n) is 10.7. The molecule has 1 aliphatic rings. The minimum Gasteiger partial charge on any atom is -0.478 e. The number of carbonyl (C=O) groups is 2. The molecule has 1 saturated heterocycles. The predicted octanol–water partition coefficient (Wildman–Crippen LogP) is 2.11. The molecule has 3 rings (SSSR count). The van der Waals surface area contributed by atoms with Crippen LogP contribution < -0.4 is 14.9 Å². The fourth-order valence-electron chi connectivity index (χ4n) is 3.54. The van der Waals surface area contributed by atoms with Gasteiger partial charge < -0.3 is 15.3 Å². The Morgan fingerprint density at radius 1 is 1.03 bits per heavy atom. The molecule has 2 aromatic carbocycles. The molecule has 1 aliphatic heterocycles. The zero-order chi connectivity index (χ0) is 24.9. The summed E-state index contributed by atoms with van der Waals surface area (Å²) in [7, 11) is -4.33. The number of nitrogens with zero attached hydrogens (tertiary/aromatic N) is 2. The number of amides is 1. The van der Waals surface area contributed by atoms with E-state index in [0.717, 1.165) is 12.5 Å². The van der Waals surface area contributed by atoms with E-state index in [-0.39, 0.29) is 23.7 Å². The largest absolute Gasteiger partial charge is 0.478 e. The number of halogens is 2. The molecule has 3 N–H and O–H groups in total. The second-order valence-electron chi connectivity index (χ2n) is 7.83. The third-order valence-corrected chi connectivity index (χ3v) is 6.70. The van der Waals surface area contributed by atoms with Crippen LogP contribution in [0.2, 0.25) is 0 Å². The van der Waals surface area contributed by atoms with Crippen molar-refractivity contribution in [3.63, 3.8) is 0 Å². The normalized spacial score (nSPS) is 14.6. The van der Waals surface area contributed by atoms with Crippen LogP contribution in [0.3, 0.4) is 0 Å². The number of piperazine rings is 1. The molecular formula is C22H26F2N4O5S. The molecule has 1 fully saturated rings. The van der Waals surface area contributed by atoms with Crippen LogP contribution in [0.4, 0.5) is 20.2 Å². The van der Waals surface area contributed by atoms with Gasteiger partial charge in [0.05, 0.1) is 28.4 Å². The molecule has 0 radical (unpaired) electrons. The number of aromatic carboxylic acids is 1. The molecule has 0 unspecified atom stereocenters. The molecule has 9 nitrogen and oxygen atoms in total. The van der Waals surface area contributed by atoms with Gasteiger partial charge >= 0.3 is 5.97 Å². The summed E-state index contributed by atoms with van der Waals surface area (Å²) in [6.07, 6.45) is 0.842. The number of sulfonamides is 1. The van der Waals surface area contributed by atoms with E-state index in [0.29, 0.717) is 50.5 Å². The Labute approximate surface area is 196 Å². The smallest absolute Gasteiger partial charge is 0.335 e. The van der Waals surface area contributed by atoms with Gasteiger partial charge in [0.25, 0.3) is 10.0 Å². The van der Waals surface area contributed by atoms with Crippen LogP contribution in [0, 0.1) is 11.6 Å². The first-order chi connectivity index (χ1) is 16.1. The number of carboxylic acids is 1. The van der Waals surface area contributed by atoms with Crippen LogP contribution in [-0.2, 0) is 14.8 Å². The quantitative estimate of drug-likeness (QED) is 0.487. The highest BCUT2D eigenvalue weighted by molar-refractivity contribution is 7.92. The maximum absolute atomic E-state index is 13.6. The van der Waals surface area contributed by atoms with E-state index in [1.54, 1.807) is 0 Å². The highest BCUT2D eigenvalue weighted by Crippen LogP contribution is 2.31. The topological polar surface area (TPSA) is 119 Å². The Morgan fingerprint density at radius 2 is 1.74 bits per heavy atom. The number of benzene rings is 2. The van der Waals surface area contributed by atoms with Gasteiger partial charge in [-0.2, -0.15) is 0 Å². The van der Waals surface area contributed by atoms with Gasteiger partial charge in [-0.3, -0.25) is 14.4 Å². The van der Waals surface area contributed by atoms with E-state index >= 15 is 0 Å². The second kappa shape index (κ2) is 10.8. The van der Waals surface area contributed by atoms with Crippen molar-refractivity contribution >= 4 is 33.3 Å². The molecule has 0 aromatic heterocycles. The van der Waals surface area contributed by atoms with E-state index < -0.39 is 32.5 Å². The maximum Gasteiger partial charge on any atom is 0.335 e. The van der Waals surface area contributed by atoms with Crippen molar-refractivity contribution in [2.45, 2.75) is 18.2 Å². The molecule has 0 saturated carbocycles.